The maximum atomic E-state index is 11.3. The van der Waals surface area contributed by atoms with Crippen LogP contribution in [-0.2, 0) is 0 Å². The SMILES string of the molecule is CCC(CC)N(CC(C)C)c1ccc(C)cc1C=O. The van der Waals surface area contributed by atoms with Crippen molar-refractivity contribution in [3.8, 4) is 0 Å². The van der Waals surface area contributed by atoms with Gasteiger partial charge in [-0.2, -0.15) is 0 Å². The quantitative estimate of drug-likeness (QED) is 0.675. The molecular weight excluding hydrogens is 234 g/mol. The maximum absolute atomic E-state index is 11.3. The lowest BCUT2D eigenvalue weighted by atomic mass is 10.0. The largest absolute Gasteiger partial charge is 0.368 e. The van der Waals surface area contributed by atoms with E-state index < -0.39 is 0 Å². The molecule has 0 aliphatic carbocycles. The third kappa shape index (κ3) is 4.09. The van der Waals surface area contributed by atoms with E-state index in [2.05, 4.69) is 44.7 Å². The number of carbonyl (C=O) groups excluding carboxylic acids is 1. The first kappa shape index (κ1) is 15.7. The Labute approximate surface area is 117 Å². The van der Waals surface area contributed by atoms with Gasteiger partial charge >= 0.3 is 0 Å². The number of aryl methyl sites for hydroxylation is 1. The van der Waals surface area contributed by atoms with Crippen molar-refractivity contribution in [1.82, 2.24) is 0 Å². The summed E-state index contributed by atoms with van der Waals surface area (Å²) in [5.74, 6) is 0.585. The van der Waals surface area contributed by atoms with Crippen LogP contribution in [0.2, 0.25) is 0 Å². The summed E-state index contributed by atoms with van der Waals surface area (Å²) in [5, 5.41) is 0. The molecule has 0 heterocycles. The fraction of sp³-hybridized carbons (Fsp3) is 0.588. The number of hydrogen-bond acceptors (Lipinski definition) is 2. The van der Waals surface area contributed by atoms with Crippen LogP contribution in [0.5, 0.6) is 0 Å². The highest BCUT2D eigenvalue weighted by molar-refractivity contribution is 5.85. The number of nitrogens with zero attached hydrogens (tertiary/aromatic N) is 1. The van der Waals surface area contributed by atoms with Crippen LogP contribution in [0, 0.1) is 12.8 Å². The molecule has 0 aliphatic rings. The van der Waals surface area contributed by atoms with Gasteiger partial charge in [-0.3, -0.25) is 4.79 Å². The minimum absolute atomic E-state index is 0.504. The Morgan fingerprint density at radius 2 is 1.84 bits per heavy atom. The molecule has 0 aromatic heterocycles. The van der Waals surface area contributed by atoms with E-state index in [1.165, 1.54) is 0 Å². The average Bonchev–Trinajstić information content (AvgIpc) is 2.38. The van der Waals surface area contributed by atoms with Crippen LogP contribution in [-0.4, -0.2) is 18.9 Å². The first-order chi connectivity index (χ1) is 9.03. The number of hydrogen-bond donors (Lipinski definition) is 0. The van der Waals surface area contributed by atoms with E-state index in [4.69, 9.17) is 0 Å². The van der Waals surface area contributed by atoms with Crippen molar-refractivity contribution in [3.63, 3.8) is 0 Å². The van der Waals surface area contributed by atoms with Gasteiger partial charge in [0.15, 0.2) is 6.29 Å². The topological polar surface area (TPSA) is 20.3 Å². The van der Waals surface area contributed by atoms with Crippen molar-refractivity contribution in [2.45, 2.75) is 53.5 Å². The van der Waals surface area contributed by atoms with E-state index in [0.29, 0.717) is 12.0 Å². The molecule has 0 saturated heterocycles. The van der Waals surface area contributed by atoms with Crippen molar-refractivity contribution in [2.24, 2.45) is 5.92 Å². The van der Waals surface area contributed by atoms with Crippen LogP contribution < -0.4 is 4.90 Å². The molecule has 0 radical (unpaired) electrons. The van der Waals surface area contributed by atoms with Gasteiger partial charge < -0.3 is 4.90 Å². The Morgan fingerprint density at radius 3 is 2.32 bits per heavy atom. The summed E-state index contributed by atoms with van der Waals surface area (Å²) < 4.78 is 0. The molecule has 1 aromatic carbocycles. The van der Waals surface area contributed by atoms with Crippen molar-refractivity contribution < 1.29 is 4.79 Å². The Kier molecular flexibility index (Phi) is 6.07. The standard InChI is InChI=1S/C17H27NO/c1-6-16(7-2)18(11-13(3)4)17-9-8-14(5)10-15(17)12-19/h8-10,12-13,16H,6-7,11H2,1-5H3. The van der Waals surface area contributed by atoms with Crippen molar-refractivity contribution >= 4 is 12.0 Å². The summed E-state index contributed by atoms with van der Waals surface area (Å²) in [4.78, 5) is 13.8. The molecule has 0 bridgehead atoms. The van der Waals surface area contributed by atoms with Crippen LogP contribution >= 0.6 is 0 Å². The van der Waals surface area contributed by atoms with Crippen LogP contribution in [0.1, 0.15) is 56.5 Å². The molecule has 2 heteroatoms. The second-order valence-electron chi connectivity index (χ2n) is 5.70. The Hall–Kier alpha value is -1.31. The smallest absolute Gasteiger partial charge is 0.152 e. The second kappa shape index (κ2) is 7.32. The van der Waals surface area contributed by atoms with Gasteiger partial charge in [0.25, 0.3) is 0 Å². The van der Waals surface area contributed by atoms with E-state index in [-0.39, 0.29) is 0 Å². The van der Waals surface area contributed by atoms with Gasteiger partial charge in [-0.25, -0.2) is 0 Å². The first-order valence-corrected chi connectivity index (χ1v) is 7.35. The molecule has 2 nitrogen and oxygen atoms in total. The summed E-state index contributed by atoms with van der Waals surface area (Å²) in [6, 6.07) is 6.68. The van der Waals surface area contributed by atoms with E-state index >= 15 is 0 Å². The van der Waals surface area contributed by atoms with Crippen LogP contribution in [0.4, 0.5) is 5.69 Å². The highest BCUT2D eigenvalue weighted by Gasteiger charge is 2.19. The molecule has 0 unspecified atom stereocenters. The van der Waals surface area contributed by atoms with Crippen molar-refractivity contribution in [3.05, 3.63) is 29.3 Å². The number of benzene rings is 1. The van der Waals surface area contributed by atoms with Crippen LogP contribution in [0.15, 0.2) is 18.2 Å². The molecule has 1 rings (SSSR count). The maximum Gasteiger partial charge on any atom is 0.152 e. The minimum atomic E-state index is 0.504. The summed E-state index contributed by atoms with van der Waals surface area (Å²) in [7, 11) is 0. The van der Waals surface area contributed by atoms with Gasteiger partial charge in [0, 0.05) is 23.8 Å². The predicted molar refractivity (Wildman–Crippen MR) is 83.1 cm³/mol. The minimum Gasteiger partial charge on any atom is -0.368 e. The fourth-order valence-corrected chi connectivity index (χ4v) is 2.60. The molecule has 0 aliphatic heterocycles. The molecule has 106 valence electrons. The van der Waals surface area contributed by atoms with Gasteiger partial charge in [0.2, 0.25) is 0 Å². The summed E-state index contributed by atoms with van der Waals surface area (Å²) >= 11 is 0. The Bertz CT molecular complexity index is 408. The summed E-state index contributed by atoms with van der Waals surface area (Å²) in [5.41, 5.74) is 3.04. The first-order valence-electron chi connectivity index (χ1n) is 7.35. The van der Waals surface area contributed by atoms with Crippen molar-refractivity contribution in [1.29, 1.82) is 0 Å². The molecule has 0 atom stereocenters. The van der Waals surface area contributed by atoms with Gasteiger partial charge in [-0.05, 0) is 37.8 Å². The lowest BCUT2D eigenvalue weighted by Gasteiger charge is -2.35. The van der Waals surface area contributed by atoms with Crippen LogP contribution in [0.25, 0.3) is 0 Å². The van der Waals surface area contributed by atoms with Gasteiger partial charge in [-0.1, -0.05) is 39.3 Å². The number of carbonyl (C=O) groups is 1. The third-order valence-electron chi connectivity index (χ3n) is 3.56. The molecule has 0 saturated carbocycles. The zero-order valence-corrected chi connectivity index (χ0v) is 12.9. The number of aldehydes is 1. The second-order valence-corrected chi connectivity index (χ2v) is 5.70. The lowest BCUT2D eigenvalue weighted by Crippen LogP contribution is -2.38. The summed E-state index contributed by atoms with van der Waals surface area (Å²) in [6.07, 6.45) is 3.20. The molecule has 19 heavy (non-hydrogen) atoms. The van der Waals surface area contributed by atoms with Crippen LogP contribution in [0.3, 0.4) is 0 Å². The fourth-order valence-electron chi connectivity index (χ4n) is 2.60. The molecular formula is C17H27NO. The number of rotatable bonds is 7. The van der Waals surface area contributed by atoms with Gasteiger partial charge in [0.1, 0.15) is 0 Å². The predicted octanol–water partition coefficient (Wildman–Crippen LogP) is 4.46. The normalized spacial score (nSPS) is 11.1. The van der Waals surface area contributed by atoms with Gasteiger partial charge in [-0.15, -0.1) is 0 Å². The van der Waals surface area contributed by atoms with E-state index in [0.717, 1.165) is 42.5 Å². The zero-order chi connectivity index (χ0) is 14.4. The lowest BCUT2D eigenvalue weighted by molar-refractivity contribution is 0.112. The molecule has 0 amide bonds. The molecule has 1 aromatic rings. The van der Waals surface area contributed by atoms with Crippen molar-refractivity contribution in [2.75, 3.05) is 11.4 Å². The molecule has 0 fully saturated rings. The van der Waals surface area contributed by atoms with E-state index in [1.807, 2.05) is 13.0 Å². The monoisotopic (exact) mass is 261 g/mol. The Balaban J connectivity index is 3.19. The summed E-state index contributed by atoms with van der Waals surface area (Å²) in [6.45, 7) is 11.9. The molecule has 0 N–H and O–H groups in total. The van der Waals surface area contributed by atoms with E-state index in [9.17, 15) is 4.79 Å². The van der Waals surface area contributed by atoms with E-state index in [1.54, 1.807) is 0 Å². The average molecular weight is 261 g/mol. The molecule has 0 spiro atoms. The highest BCUT2D eigenvalue weighted by atomic mass is 16.1. The third-order valence-corrected chi connectivity index (χ3v) is 3.56. The highest BCUT2D eigenvalue weighted by Crippen LogP contribution is 2.26. The van der Waals surface area contributed by atoms with Gasteiger partial charge in [0.05, 0.1) is 0 Å². The Morgan fingerprint density at radius 1 is 1.21 bits per heavy atom. The number of anilines is 1. The zero-order valence-electron chi connectivity index (χ0n) is 12.9.